The number of halogens is 1. The van der Waals surface area contributed by atoms with Gasteiger partial charge in [0.05, 0.1) is 7.11 Å². The van der Waals surface area contributed by atoms with Gasteiger partial charge >= 0.3 is 0 Å². The van der Waals surface area contributed by atoms with Crippen molar-refractivity contribution in [2.45, 2.75) is 6.42 Å². The highest BCUT2D eigenvalue weighted by Crippen LogP contribution is 2.18. The Morgan fingerprint density at radius 3 is 2.78 bits per heavy atom. The summed E-state index contributed by atoms with van der Waals surface area (Å²) in [6.07, 6.45) is 4.00. The topological polar surface area (TPSA) is 47.0 Å². The zero-order valence-corrected chi connectivity index (χ0v) is 10.8. The van der Waals surface area contributed by atoms with E-state index in [4.69, 9.17) is 16.3 Å². The van der Waals surface area contributed by atoms with E-state index in [1.54, 1.807) is 19.5 Å². The predicted molar refractivity (Wildman–Crippen MR) is 72.2 cm³/mol. The fourth-order valence-corrected chi connectivity index (χ4v) is 1.84. The first-order chi connectivity index (χ1) is 8.81. The average Bonchev–Trinajstić information content (AvgIpc) is 2.41. The quantitative estimate of drug-likeness (QED) is 0.901. The highest BCUT2D eigenvalue weighted by molar-refractivity contribution is 6.31. The van der Waals surface area contributed by atoms with Gasteiger partial charge in [0.25, 0.3) is 0 Å². The lowest BCUT2D eigenvalue weighted by Gasteiger charge is -2.09. The number of nitrogens with one attached hydrogen (secondary N) is 1. The number of anilines is 1. The van der Waals surface area contributed by atoms with Crippen molar-refractivity contribution in [2.24, 2.45) is 0 Å². The molecule has 0 saturated carbocycles. The van der Waals surface area contributed by atoms with Crippen molar-refractivity contribution >= 4 is 17.4 Å². The molecule has 0 bridgehead atoms. The maximum absolute atomic E-state index is 5.90. The van der Waals surface area contributed by atoms with Crippen molar-refractivity contribution in [1.29, 1.82) is 0 Å². The summed E-state index contributed by atoms with van der Waals surface area (Å²) >= 11 is 5.90. The first-order valence-corrected chi connectivity index (χ1v) is 6.01. The average molecular weight is 264 g/mol. The second-order valence-corrected chi connectivity index (χ2v) is 4.04. The summed E-state index contributed by atoms with van der Waals surface area (Å²) in [4.78, 5) is 8.07. The molecule has 0 spiro atoms. The van der Waals surface area contributed by atoms with Gasteiger partial charge < -0.3 is 10.1 Å². The SMILES string of the molecule is COc1ccccc1CCNc1nccnc1Cl. The van der Waals surface area contributed by atoms with E-state index in [0.717, 1.165) is 24.3 Å². The van der Waals surface area contributed by atoms with E-state index in [2.05, 4.69) is 15.3 Å². The van der Waals surface area contributed by atoms with Crippen molar-refractivity contribution in [3.63, 3.8) is 0 Å². The summed E-state index contributed by atoms with van der Waals surface area (Å²) in [7, 11) is 1.67. The lowest BCUT2D eigenvalue weighted by atomic mass is 10.1. The van der Waals surface area contributed by atoms with Crippen LogP contribution in [0.3, 0.4) is 0 Å². The van der Waals surface area contributed by atoms with Crippen LogP contribution in [0.4, 0.5) is 5.82 Å². The van der Waals surface area contributed by atoms with Gasteiger partial charge in [-0.05, 0) is 18.1 Å². The highest BCUT2D eigenvalue weighted by atomic mass is 35.5. The summed E-state index contributed by atoms with van der Waals surface area (Å²) in [5.74, 6) is 1.50. The van der Waals surface area contributed by atoms with Crippen LogP contribution in [-0.4, -0.2) is 23.6 Å². The Morgan fingerprint density at radius 2 is 2.00 bits per heavy atom. The molecule has 2 aromatic rings. The van der Waals surface area contributed by atoms with Gasteiger partial charge in [-0.2, -0.15) is 0 Å². The minimum atomic E-state index is 0.387. The summed E-state index contributed by atoms with van der Waals surface area (Å²) in [5, 5.41) is 3.54. The van der Waals surface area contributed by atoms with Gasteiger partial charge in [-0.1, -0.05) is 29.8 Å². The molecule has 1 aromatic carbocycles. The molecule has 0 aliphatic heterocycles. The molecule has 0 fully saturated rings. The molecule has 1 N–H and O–H groups in total. The second-order valence-electron chi connectivity index (χ2n) is 3.68. The molecule has 0 saturated heterocycles. The maximum Gasteiger partial charge on any atom is 0.171 e. The molecule has 0 radical (unpaired) electrons. The Labute approximate surface area is 111 Å². The smallest absolute Gasteiger partial charge is 0.171 e. The summed E-state index contributed by atoms with van der Waals surface area (Å²) < 4.78 is 5.29. The molecule has 0 unspecified atom stereocenters. The van der Waals surface area contributed by atoms with E-state index in [1.165, 1.54) is 0 Å². The molecule has 4 nitrogen and oxygen atoms in total. The van der Waals surface area contributed by atoms with Crippen LogP contribution in [0.2, 0.25) is 5.15 Å². The zero-order valence-electron chi connectivity index (χ0n) is 10.1. The van der Waals surface area contributed by atoms with Crippen LogP contribution < -0.4 is 10.1 Å². The fraction of sp³-hybridized carbons (Fsp3) is 0.231. The van der Waals surface area contributed by atoms with Crippen molar-refractivity contribution in [2.75, 3.05) is 19.0 Å². The number of aromatic nitrogens is 2. The molecule has 0 aliphatic rings. The number of nitrogens with zero attached hydrogens (tertiary/aromatic N) is 2. The second kappa shape index (κ2) is 6.21. The standard InChI is InChI=1S/C13H14ClN3O/c1-18-11-5-3-2-4-10(11)6-7-16-13-12(14)15-8-9-17-13/h2-5,8-9H,6-7H2,1H3,(H,16,17). The Balaban J connectivity index is 1.95. The zero-order chi connectivity index (χ0) is 12.8. The van der Waals surface area contributed by atoms with Crippen LogP contribution in [0.5, 0.6) is 5.75 Å². The van der Waals surface area contributed by atoms with Gasteiger partial charge in [-0.15, -0.1) is 0 Å². The van der Waals surface area contributed by atoms with Crippen molar-refractivity contribution in [1.82, 2.24) is 9.97 Å². The van der Waals surface area contributed by atoms with Crippen molar-refractivity contribution < 1.29 is 4.74 Å². The van der Waals surface area contributed by atoms with Gasteiger partial charge in [0.2, 0.25) is 0 Å². The Kier molecular flexibility index (Phi) is 4.36. The van der Waals surface area contributed by atoms with E-state index < -0.39 is 0 Å². The van der Waals surface area contributed by atoms with E-state index in [9.17, 15) is 0 Å². The van der Waals surface area contributed by atoms with Crippen LogP contribution in [0.15, 0.2) is 36.7 Å². The van der Waals surface area contributed by atoms with Crippen LogP contribution in [0, 0.1) is 0 Å². The molecule has 1 aromatic heterocycles. The van der Waals surface area contributed by atoms with Crippen LogP contribution in [0.25, 0.3) is 0 Å². The maximum atomic E-state index is 5.90. The van der Waals surface area contributed by atoms with Gasteiger partial charge in [-0.25, -0.2) is 9.97 Å². The Hall–Kier alpha value is -1.81. The van der Waals surface area contributed by atoms with Crippen LogP contribution in [-0.2, 0) is 6.42 Å². The molecule has 2 rings (SSSR count). The Morgan fingerprint density at radius 1 is 1.22 bits per heavy atom. The third-order valence-corrected chi connectivity index (χ3v) is 2.81. The third-order valence-electron chi connectivity index (χ3n) is 2.53. The number of hydrogen-bond donors (Lipinski definition) is 1. The monoisotopic (exact) mass is 263 g/mol. The van der Waals surface area contributed by atoms with Crippen molar-refractivity contribution in [3.05, 3.63) is 47.4 Å². The molecule has 5 heteroatoms. The normalized spacial score (nSPS) is 10.1. The minimum absolute atomic E-state index is 0.387. The van der Waals surface area contributed by atoms with Gasteiger partial charge in [0.15, 0.2) is 11.0 Å². The largest absolute Gasteiger partial charge is 0.496 e. The molecule has 0 aliphatic carbocycles. The van der Waals surface area contributed by atoms with Crippen molar-refractivity contribution in [3.8, 4) is 5.75 Å². The summed E-state index contributed by atoms with van der Waals surface area (Å²) in [5.41, 5.74) is 1.15. The number of ether oxygens (including phenoxy) is 1. The van der Waals surface area contributed by atoms with E-state index in [-0.39, 0.29) is 0 Å². The molecule has 94 valence electrons. The molecule has 1 heterocycles. The third kappa shape index (κ3) is 3.11. The number of rotatable bonds is 5. The van der Waals surface area contributed by atoms with Crippen LogP contribution >= 0.6 is 11.6 Å². The lowest BCUT2D eigenvalue weighted by Crippen LogP contribution is -2.07. The van der Waals surface area contributed by atoms with E-state index >= 15 is 0 Å². The summed E-state index contributed by atoms with van der Waals surface area (Å²) in [6, 6.07) is 7.94. The molecule has 18 heavy (non-hydrogen) atoms. The lowest BCUT2D eigenvalue weighted by molar-refractivity contribution is 0.410. The molecule has 0 atom stereocenters. The van der Waals surface area contributed by atoms with Gasteiger partial charge in [0.1, 0.15) is 5.75 Å². The molecular formula is C13H14ClN3O. The van der Waals surface area contributed by atoms with Gasteiger partial charge in [-0.3, -0.25) is 0 Å². The fourth-order valence-electron chi connectivity index (χ4n) is 1.66. The Bertz CT molecular complexity index is 519. The predicted octanol–water partition coefficient (Wildman–Crippen LogP) is 2.79. The van der Waals surface area contributed by atoms with E-state index in [1.807, 2.05) is 24.3 Å². The minimum Gasteiger partial charge on any atom is -0.496 e. The van der Waals surface area contributed by atoms with Crippen LogP contribution in [0.1, 0.15) is 5.56 Å². The number of methoxy groups -OCH3 is 1. The first kappa shape index (κ1) is 12.6. The first-order valence-electron chi connectivity index (χ1n) is 5.63. The van der Waals surface area contributed by atoms with E-state index in [0.29, 0.717) is 11.0 Å². The number of benzene rings is 1. The molecule has 0 amide bonds. The number of para-hydroxylation sites is 1. The molecular weight excluding hydrogens is 250 g/mol. The summed E-state index contributed by atoms with van der Waals surface area (Å²) in [6.45, 7) is 0.721. The highest BCUT2D eigenvalue weighted by Gasteiger charge is 2.03. The number of hydrogen-bond acceptors (Lipinski definition) is 4. The van der Waals surface area contributed by atoms with Gasteiger partial charge in [0, 0.05) is 18.9 Å².